The van der Waals surface area contributed by atoms with Gasteiger partial charge >= 0.3 is 0 Å². The van der Waals surface area contributed by atoms with Gasteiger partial charge in [0.15, 0.2) is 0 Å². The van der Waals surface area contributed by atoms with Gasteiger partial charge in [0.1, 0.15) is 0 Å². The van der Waals surface area contributed by atoms with E-state index in [9.17, 15) is 4.79 Å². The second kappa shape index (κ2) is 6.78. The van der Waals surface area contributed by atoms with Crippen molar-refractivity contribution in [2.24, 2.45) is 5.92 Å². The highest BCUT2D eigenvalue weighted by Gasteiger charge is 2.20. The lowest BCUT2D eigenvalue weighted by Gasteiger charge is -2.27. The highest BCUT2D eigenvalue weighted by Crippen LogP contribution is 2.24. The first-order valence-electron chi connectivity index (χ1n) is 7.75. The van der Waals surface area contributed by atoms with E-state index in [0.717, 1.165) is 42.1 Å². The second-order valence-corrected chi connectivity index (χ2v) is 5.99. The summed E-state index contributed by atoms with van der Waals surface area (Å²) in [6, 6.07) is 6.23. The van der Waals surface area contributed by atoms with Crippen LogP contribution in [0.4, 0.5) is 5.69 Å². The minimum absolute atomic E-state index is 0.0655. The summed E-state index contributed by atoms with van der Waals surface area (Å²) in [6.45, 7) is 7.30. The van der Waals surface area contributed by atoms with Crippen LogP contribution in [0.15, 0.2) is 18.2 Å². The lowest BCUT2D eigenvalue weighted by Crippen LogP contribution is -2.37. The molecule has 0 spiro atoms. The van der Waals surface area contributed by atoms with Gasteiger partial charge in [-0.3, -0.25) is 4.79 Å². The molecule has 1 aliphatic carbocycles. The molecule has 0 atom stereocenters. The standard InChI is InChI=1S/C17H26N2O/c1-4-18-16-10-7-14(11-13(16)3)17(20)19-15-8-5-12(2)6-9-15/h7,10-12,15,18H,4-6,8-9H2,1-3H3,(H,19,20). The molecule has 0 aliphatic heterocycles. The van der Waals surface area contributed by atoms with E-state index in [4.69, 9.17) is 0 Å². The molecule has 1 aromatic carbocycles. The Balaban J connectivity index is 1.97. The van der Waals surface area contributed by atoms with Crippen LogP contribution in [0.1, 0.15) is 55.5 Å². The number of hydrogen-bond acceptors (Lipinski definition) is 2. The summed E-state index contributed by atoms with van der Waals surface area (Å²) >= 11 is 0. The van der Waals surface area contributed by atoms with Gasteiger partial charge in [0.25, 0.3) is 5.91 Å². The number of rotatable bonds is 4. The predicted octanol–water partition coefficient (Wildman–Crippen LogP) is 3.74. The van der Waals surface area contributed by atoms with Gasteiger partial charge in [0, 0.05) is 23.8 Å². The Morgan fingerprint density at radius 3 is 2.55 bits per heavy atom. The van der Waals surface area contributed by atoms with E-state index in [1.54, 1.807) is 0 Å². The Labute approximate surface area is 122 Å². The van der Waals surface area contributed by atoms with Crippen LogP contribution in [0.2, 0.25) is 0 Å². The zero-order chi connectivity index (χ0) is 14.5. The van der Waals surface area contributed by atoms with Crippen LogP contribution in [-0.2, 0) is 0 Å². The van der Waals surface area contributed by atoms with Crippen molar-refractivity contribution in [3.63, 3.8) is 0 Å². The number of nitrogens with one attached hydrogen (secondary N) is 2. The Bertz CT molecular complexity index is 462. The molecule has 0 aromatic heterocycles. The molecular formula is C17H26N2O. The summed E-state index contributed by atoms with van der Waals surface area (Å²) in [5.41, 5.74) is 3.00. The first-order valence-corrected chi connectivity index (χ1v) is 7.75. The maximum Gasteiger partial charge on any atom is 0.251 e. The summed E-state index contributed by atoms with van der Waals surface area (Å²) in [5, 5.41) is 6.47. The van der Waals surface area contributed by atoms with E-state index >= 15 is 0 Å². The monoisotopic (exact) mass is 274 g/mol. The molecule has 0 radical (unpaired) electrons. The molecule has 1 fully saturated rings. The largest absolute Gasteiger partial charge is 0.385 e. The van der Waals surface area contributed by atoms with E-state index in [1.165, 1.54) is 12.8 Å². The predicted molar refractivity (Wildman–Crippen MR) is 84.2 cm³/mol. The fraction of sp³-hybridized carbons (Fsp3) is 0.588. The Kier molecular flexibility index (Phi) is 5.05. The van der Waals surface area contributed by atoms with Gasteiger partial charge in [-0.15, -0.1) is 0 Å². The Hall–Kier alpha value is -1.51. The molecule has 1 amide bonds. The van der Waals surface area contributed by atoms with Crippen LogP contribution in [0.5, 0.6) is 0 Å². The van der Waals surface area contributed by atoms with Crippen LogP contribution < -0.4 is 10.6 Å². The number of aryl methyl sites for hydroxylation is 1. The van der Waals surface area contributed by atoms with Crippen LogP contribution in [-0.4, -0.2) is 18.5 Å². The fourth-order valence-electron chi connectivity index (χ4n) is 2.87. The maximum absolute atomic E-state index is 12.3. The number of carbonyl (C=O) groups is 1. The lowest BCUT2D eigenvalue weighted by molar-refractivity contribution is 0.0923. The topological polar surface area (TPSA) is 41.1 Å². The molecule has 2 N–H and O–H groups in total. The molecule has 1 saturated carbocycles. The van der Waals surface area contributed by atoms with Gasteiger partial charge in [-0.1, -0.05) is 6.92 Å². The summed E-state index contributed by atoms with van der Waals surface area (Å²) < 4.78 is 0. The number of anilines is 1. The molecule has 3 heteroatoms. The van der Waals surface area contributed by atoms with E-state index in [0.29, 0.717) is 6.04 Å². The van der Waals surface area contributed by atoms with Gasteiger partial charge in [0.05, 0.1) is 0 Å². The van der Waals surface area contributed by atoms with Crippen LogP contribution in [0, 0.1) is 12.8 Å². The van der Waals surface area contributed by atoms with Gasteiger partial charge in [-0.2, -0.15) is 0 Å². The maximum atomic E-state index is 12.3. The van der Waals surface area contributed by atoms with Crippen molar-refractivity contribution >= 4 is 11.6 Å². The van der Waals surface area contributed by atoms with Crippen molar-refractivity contribution in [2.75, 3.05) is 11.9 Å². The van der Waals surface area contributed by atoms with E-state index in [-0.39, 0.29) is 5.91 Å². The molecule has 20 heavy (non-hydrogen) atoms. The minimum atomic E-state index is 0.0655. The Morgan fingerprint density at radius 1 is 1.25 bits per heavy atom. The highest BCUT2D eigenvalue weighted by molar-refractivity contribution is 5.95. The minimum Gasteiger partial charge on any atom is -0.385 e. The zero-order valence-corrected chi connectivity index (χ0v) is 12.8. The number of amides is 1. The van der Waals surface area contributed by atoms with E-state index in [1.807, 2.05) is 25.1 Å². The van der Waals surface area contributed by atoms with Crippen molar-refractivity contribution in [3.05, 3.63) is 29.3 Å². The van der Waals surface area contributed by atoms with Gasteiger partial charge in [-0.05, 0) is 69.2 Å². The number of hydrogen-bond donors (Lipinski definition) is 2. The molecular weight excluding hydrogens is 248 g/mol. The Morgan fingerprint density at radius 2 is 1.95 bits per heavy atom. The van der Waals surface area contributed by atoms with Gasteiger partial charge in [-0.25, -0.2) is 0 Å². The van der Waals surface area contributed by atoms with Crippen molar-refractivity contribution in [1.29, 1.82) is 0 Å². The normalized spacial score (nSPS) is 22.4. The van der Waals surface area contributed by atoms with Crippen LogP contribution >= 0.6 is 0 Å². The van der Waals surface area contributed by atoms with Crippen molar-refractivity contribution in [1.82, 2.24) is 5.32 Å². The molecule has 0 bridgehead atoms. The quantitative estimate of drug-likeness (QED) is 0.878. The van der Waals surface area contributed by atoms with Crippen molar-refractivity contribution in [2.45, 2.75) is 52.5 Å². The summed E-state index contributed by atoms with van der Waals surface area (Å²) in [6.07, 6.45) is 4.68. The molecule has 0 unspecified atom stereocenters. The zero-order valence-electron chi connectivity index (χ0n) is 12.8. The molecule has 1 aliphatic rings. The molecule has 110 valence electrons. The first kappa shape index (κ1) is 14.9. The molecule has 2 rings (SSSR count). The number of benzene rings is 1. The van der Waals surface area contributed by atoms with E-state index in [2.05, 4.69) is 24.5 Å². The SMILES string of the molecule is CCNc1ccc(C(=O)NC2CCC(C)CC2)cc1C. The third-order valence-corrected chi connectivity index (χ3v) is 4.21. The smallest absolute Gasteiger partial charge is 0.251 e. The van der Waals surface area contributed by atoms with Crippen LogP contribution in [0.25, 0.3) is 0 Å². The molecule has 1 aromatic rings. The summed E-state index contributed by atoms with van der Waals surface area (Å²) in [4.78, 5) is 12.3. The van der Waals surface area contributed by atoms with Gasteiger partial charge < -0.3 is 10.6 Å². The summed E-state index contributed by atoms with van der Waals surface area (Å²) in [5.74, 6) is 0.875. The third-order valence-electron chi connectivity index (χ3n) is 4.21. The summed E-state index contributed by atoms with van der Waals surface area (Å²) in [7, 11) is 0. The average Bonchev–Trinajstić information content (AvgIpc) is 2.44. The van der Waals surface area contributed by atoms with Gasteiger partial charge in [0.2, 0.25) is 0 Å². The number of carbonyl (C=O) groups excluding carboxylic acids is 1. The van der Waals surface area contributed by atoms with Crippen LogP contribution in [0.3, 0.4) is 0 Å². The average molecular weight is 274 g/mol. The van der Waals surface area contributed by atoms with Crippen molar-refractivity contribution in [3.8, 4) is 0 Å². The lowest BCUT2D eigenvalue weighted by atomic mass is 9.87. The molecule has 0 saturated heterocycles. The molecule has 3 nitrogen and oxygen atoms in total. The third kappa shape index (κ3) is 3.75. The van der Waals surface area contributed by atoms with E-state index < -0.39 is 0 Å². The molecule has 0 heterocycles. The van der Waals surface area contributed by atoms with Crippen molar-refractivity contribution < 1.29 is 4.79 Å². The second-order valence-electron chi connectivity index (χ2n) is 5.99. The fourth-order valence-corrected chi connectivity index (χ4v) is 2.87. The first-order chi connectivity index (χ1) is 9.60. The highest BCUT2D eigenvalue weighted by atomic mass is 16.1.